The van der Waals surface area contributed by atoms with E-state index in [0.717, 1.165) is 32.0 Å². The maximum Gasteiger partial charge on any atom is 0.191 e. The van der Waals surface area contributed by atoms with E-state index in [1.165, 1.54) is 18.2 Å². The van der Waals surface area contributed by atoms with Crippen molar-refractivity contribution in [2.45, 2.75) is 39.3 Å². The Morgan fingerprint density at radius 3 is 2.48 bits per heavy atom. The Kier molecular flexibility index (Phi) is 10.3. The highest BCUT2D eigenvalue weighted by Gasteiger charge is 2.27. The molecule has 0 spiro atoms. The molecule has 0 aromatic heterocycles. The highest BCUT2D eigenvalue weighted by atomic mass is 127. The van der Waals surface area contributed by atoms with E-state index in [1.807, 2.05) is 0 Å². The number of para-hydroxylation sites is 1. The molecule has 8 heteroatoms. The van der Waals surface area contributed by atoms with E-state index >= 15 is 0 Å². The smallest absolute Gasteiger partial charge is 0.191 e. The van der Waals surface area contributed by atoms with Crippen LogP contribution in [-0.4, -0.2) is 62.7 Å². The van der Waals surface area contributed by atoms with Gasteiger partial charge in [0.25, 0.3) is 0 Å². The Balaban J connectivity index is 0.00000364. The first-order chi connectivity index (χ1) is 12.5. The van der Waals surface area contributed by atoms with Gasteiger partial charge in [-0.25, -0.2) is 8.78 Å². The SMILES string of the molecule is CCN(CC)C(C)CNC(=NC)NC1CCN(c2c(F)cccc2F)C1.I. The summed E-state index contributed by atoms with van der Waals surface area (Å²) in [7, 11) is 1.74. The molecule has 1 heterocycles. The molecule has 2 atom stereocenters. The third-order valence-electron chi connectivity index (χ3n) is 5.01. The van der Waals surface area contributed by atoms with Gasteiger partial charge in [-0.05, 0) is 38.6 Å². The van der Waals surface area contributed by atoms with Crippen LogP contribution in [0.2, 0.25) is 0 Å². The third-order valence-corrected chi connectivity index (χ3v) is 5.01. The number of aliphatic imine (C=N–C) groups is 1. The number of benzene rings is 1. The van der Waals surface area contributed by atoms with E-state index in [2.05, 4.69) is 41.3 Å². The lowest BCUT2D eigenvalue weighted by molar-refractivity contribution is 0.231. The minimum absolute atomic E-state index is 0. The molecular weight excluding hydrogens is 463 g/mol. The first-order valence-electron chi connectivity index (χ1n) is 9.40. The van der Waals surface area contributed by atoms with E-state index in [1.54, 1.807) is 11.9 Å². The Morgan fingerprint density at radius 1 is 1.30 bits per heavy atom. The van der Waals surface area contributed by atoms with Gasteiger partial charge in [0.1, 0.15) is 17.3 Å². The lowest BCUT2D eigenvalue weighted by atomic mass is 10.2. The minimum atomic E-state index is -0.513. The van der Waals surface area contributed by atoms with E-state index in [-0.39, 0.29) is 35.7 Å². The molecule has 1 aliphatic heterocycles. The Hall–Kier alpha value is -1.16. The van der Waals surface area contributed by atoms with Gasteiger partial charge in [0.15, 0.2) is 5.96 Å². The Bertz CT molecular complexity index is 590. The summed E-state index contributed by atoms with van der Waals surface area (Å²) in [5, 5.41) is 6.72. The number of hydrogen-bond acceptors (Lipinski definition) is 3. The van der Waals surface area contributed by atoms with Crippen molar-refractivity contribution in [2.24, 2.45) is 4.99 Å². The predicted octanol–water partition coefficient (Wildman–Crippen LogP) is 3.06. The van der Waals surface area contributed by atoms with Crippen molar-refractivity contribution in [1.29, 1.82) is 0 Å². The van der Waals surface area contributed by atoms with Gasteiger partial charge >= 0.3 is 0 Å². The molecule has 2 unspecified atom stereocenters. The maximum absolute atomic E-state index is 14.0. The summed E-state index contributed by atoms with van der Waals surface area (Å²) in [5.41, 5.74) is 0.0647. The lowest BCUT2D eigenvalue weighted by Gasteiger charge is -2.27. The first-order valence-corrected chi connectivity index (χ1v) is 9.40. The van der Waals surface area contributed by atoms with Crippen molar-refractivity contribution in [3.63, 3.8) is 0 Å². The summed E-state index contributed by atoms with van der Waals surface area (Å²) in [6.45, 7) is 10.5. The topological polar surface area (TPSA) is 42.9 Å². The number of hydrogen-bond donors (Lipinski definition) is 2. The van der Waals surface area contributed by atoms with E-state index in [9.17, 15) is 8.78 Å². The molecule has 2 N–H and O–H groups in total. The largest absolute Gasteiger partial charge is 0.365 e. The fraction of sp³-hybridized carbons (Fsp3) is 0.632. The van der Waals surface area contributed by atoms with Gasteiger partial charge in [-0.3, -0.25) is 9.89 Å². The molecule has 0 aliphatic carbocycles. The van der Waals surface area contributed by atoms with Gasteiger partial charge < -0.3 is 15.5 Å². The summed E-state index contributed by atoms with van der Waals surface area (Å²) in [5.74, 6) is -0.299. The summed E-state index contributed by atoms with van der Waals surface area (Å²) >= 11 is 0. The van der Waals surface area contributed by atoms with Crippen molar-refractivity contribution in [1.82, 2.24) is 15.5 Å². The minimum Gasteiger partial charge on any atom is -0.365 e. The average Bonchev–Trinajstić information content (AvgIpc) is 3.07. The highest BCUT2D eigenvalue weighted by Crippen LogP contribution is 2.26. The van der Waals surface area contributed by atoms with E-state index in [4.69, 9.17) is 0 Å². The molecule has 0 radical (unpaired) electrons. The molecular formula is C19H32F2IN5. The first kappa shape index (κ1) is 23.9. The standard InChI is InChI=1S/C19H31F2N5.HI/c1-5-25(6-2)14(3)12-23-19(22-4)24-15-10-11-26(13-15)18-16(20)8-7-9-17(18)21;/h7-9,14-15H,5-6,10-13H2,1-4H3,(H2,22,23,24);1H. The van der Waals surface area contributed by atoms with Crippen LogP contribution in [-0.2, 0) is 0 Å². The number of anilines is 1. The highest BCUT2D eigenvalue weighted by molar-refractivity contribution is 14.0. The van der Waals surface area contributed by atoms with Crippen LogP contribution < -0.4 is 15.5 Å². The Labute approximate surface area is 178 Å². The van der Waals surface area contributed by atoms with Crippen molar-refractivity contribution >= 4 is 35.6 Å². The molecule has 27 heavy (non-hydrogen) atoms. The van der Waals surface area contributed by atoms with Crippen LogP contribution in [0.3, 0.4) is 0 Å². The van der Waals surface area contributed by atoms with Crippen molar-refractivity contribution < 1.29 is 8.78 Å². The van der Waals surface area contributed by atoms with Crippen LogP contribution in [0.25, 0.3) is 0 Å². The average molecular weight is 495 g/mol. The van der Waals surface area contributed by atoms with Gasteiger partial charge in [0.05, 0.1) is 0 Å². The number of guanidine groups is 1. The fourth-order valence-electron chi connectivity index (χ4n) is 3.48. The second-order valence-corrected chi connectivity index (χ2v) is 6.67. The normalized spacial score (nSPS) is 18.4. The summed E-state index contributed by atoms with van der Waals surface area (Å²) in [6.07, 6.45) is 0.806. The van der Waals surface area contributed by atoms with Crippen LogP contribution in [0, 0.1) is 11.6 Å². The quantitative estimate of drug-likeness (QED) is 0.347. The van der Waals surface area contributed by atoms with Crippen LogP contribution >= 0.6 is 24.0 Å². The van der Waals surface area contributed by atoms with Gasteiger partial charge in [0, 0.05) is 38.8 Å². The number of rotatable bonds is 7. The van der Waals surface area contributed by atoms with Gasteiger partial charge in [0.2, 0.25) is 0 Å². The number of likely N-dealkylation sites (N-methyl/N-ethyl adjacent to an activating group) is 1. The predicted molar refractivity (Wildman–Crippen MR) is 119 cm³/mol. The summed E-state index contributed by atoms with van der Waals surface area (Å²) in [4.78, 5) is 8.41. The van der Waals surface area contributed by atoms with Crippen molar-refractivity contribution in [3.05, 3.63) is 29.8 Å². The molecule has 0 saturated carbocycles. The van der Waals surface area contributed by atoms with E-state index < -0.39 is 11.6 Å². The maximum atomic E-state index is 14.0. The van der Waals surface area contributed by atoms with Gasteiger partial charge in [-0.15, -0.1) is 24.0 Å². The monoisotopic (exact) mass is 495 g/mol. The number of nitrogens with one attached hydrogen (secondary N) is 2. The molecule has 0 bridgehead atoms. The molecule has 1 saturated heterocycles. The Morgan fingerprint density at radius 2 is 1.93 bits per heavy atom. The lowest BCUT2D eigenvalue weighted by Crippen LogP contribution is -2.49. The van der Waals surface area contributed by atoms with Gasteiger partial charge in [-0.2, -0.15) is 0 Å². The van der Waals surface area contributed by atoms with E-state index in [0.29, 0.717) is 19.1 Å². The fourth-order valence-corrected chi connectivity index (χ4v) is 3.48. The molecule has 1 aromatic carbocycles. The van der Waals surface area contributed by atoms with Crippen LogP contribution in [0.4, 0.5) is 14.5 Å². The molecule has 1 fully saturated rings. The van der Waals surface area contributed by atoms with Crippen LogP contribution in [0.15, 0.2) is 23.2 Å². The van der Waals surface area contributed by atoms with Crippen LogP contribution in [0.5, 0.6) is 0 Å². The molecule has 1 aromatic rings. The molecule has 154 valence electrons. The zero-order chi connectivity index (χ0) is 19.1. The van der Waals surface area contributed by atoms with Gasteiger partial charge in [-0.1, -0.05) is 19.9 Å². The zero-order valence-electron chi connectivity index (χ0n) is 16.6. The summed E-state index contributed by atoms with van der Waals surface area (Å²) < 4.78 is 27.9. The molecule has 2 rings (SSSR count). The number of halogens is 3. The second-order valence-electron chi connectivity index (χ2n) is 6.67. The second kappa shape index (κ2) is 11.6. The zero-order valence-corrected chi connectivity index (χ0v) is 19.0. The van der Waals surface area contributed by atoms with Crippen molar-refractivity contribution in [3.8, 4) is 0 Å². The third kappa shape index (κ3) is 6.44. The molecule has 0 amide bonds. The van der Waals surface area contributed by atoms with Crippen LogP contribution in [0.1, 0.15) is 27.2 Å². The molecule has 1 aliphatic rings. The number of nitrogens with zero attached hydrogens (tertiary/aromatic N) is 3. The molecule has 5 nitrogen and oxygen atoms in total. The van der Waals surface area contributed by atoms with Crippen molar-refractivity contribution in [2.75, 3.05) is 44.7 Å². The summed E-state index contributed by atoms with van der Waals surface area (Å²) in [6, 6.07) is 4.49.